The first-order chi connectivity index (χ1) is 17.1. The van der Waals surface area contributed by atoms with E-state index in [-0.39, 0.29) is 18.1 Å². The monoisotopic (exact) mass is 466 g/mol. The third kappa shape index (κ3) is 4.78. The average Bonchev–Trinajstić information content (AvgIpc) is 3.55. The highest BCUT2D eigenvalue weighted by Gasteiger charge is 2.21. The highest BCUT2D eigenvalue weighted by molar-refractivity contribution is 5.84. The Morgan fingerprint density at radius 2 is 1.74 bits per heavy atom. The fourth-order valence-electron chi connectivity index (χ4n) is 3.78. The normalized spacial score (nSPS) is 11.9. The summed E-state index contributed by atoms with van der Waals surface area (Å²) in [5.41, 5.74) is 4.34. The summed E-state index contributed by atoms with van der Waals surface area (Å²) in [7, 11) is 0. The van der Waals surface area contributed by atoms with Crippen LogP contribution in [0.4, 0.5) is 0 Å². The van der Waals surface area contributed by atoms with Crippen LogP contribution in [0.3, 0.4) is 0 Å². The van der Waals surface area contributed by atoms with Crippen molar-refractivity contribution in [2.75, 3.05) is 0 Å². The number of Topliss-reactive ketones (excluding diaryl/α,β-unsaturated/α-hetero) is 1. The Labute approximate surface area is 201 Å². The molecule has 3 aromatic heterocycles. The lowest BCUT2D eigenvalue weighted by Crippen LogP contribution is -2.12. The van der Waals surface area contributed by atoms with E-state index in [4.69, 9.17) is 9.05 Å². The van der Waals surface area contributed by atoms with Crippen LogP contribution in [0.15, 0.2) is 88.2 Å². The van der Waals surface area contributed by atoms with E-state index >= 15 is 0 Å². The second-order valence-electron chi connectivity index (χ2n) is 8.13. The molecule has 0 saturated carbocycles. The second-order valence-corrected chi connectivity index (χ2v) is 8.13. The summed E-state index contributed by atoms with van der Waals surface area (Å²) >= 11 is 0. The lowest BCUT2D eigenvalue weighted by atomic mass is 9.99. The molecule has 35 heavy (non-hydrogen) atoms. The molecule has 0 saturated heterocycles. The molecule has 1 atom stereocenters. The number of aliphatic hydroxyl groups excluding tert-OH is 1. The van der Waals surface area contributed by atoms with Gasteiger partial charge in [-0.3, -0.25) is 9.78 Å². The molecule has 5 aromatic rings. The van der Waals surface area contributed by atoms with E-state index in [9.17, 15) is 9.90 Å². The van der Waals surface area contributed by atoms with Gasteiger partial charge in [0.05, 0.1) is 0 Å². The molecular weight excluding hydrogens is 444 g/mol. The molecule has 0 amide bonds. The maximum Gasteiger partial charge on any atom is 0.280 e. The first-order valence-corrected chi connectivity index (χ1v) is 11.2. The molecular formula is C27H22N4O4. The van der Waals surface area contributed by atoms with Crippen LogP contribution in [-0.4, -0.2) is 31.2 Å². The molecule has 0 bridgehead atoms. The number of aromatic nitrogens is 4. The van der Waals surface area contributed by atoms with Gasteiger partial charge >= 0.3 is 0 Å². The number of carbonyl (C=O) groups is 1. The second kappa shape index (κ2) is 9.82. The number of pyridine rings is 1. The van der Waals surface area contributed by atoms with Crippen molar-refractivity contribution in [1.29, 1.82) is 0 Å². The van der Waals surface area contributed by atoms with Crippen LogP contribution < -0.4 is 0 Å². The third-order valence-electron chi connectivity index (χ3n) is 5.76. The Kier molecular flexibility index (Phi) is 6.28. The van der Waals surface area contributed by atoms with Crippen LogP contribution in [0.1, 0.15) is 29.2 Å². The van der Waals surface area contributed by atoms with Gasteiger partial charge in [-0.1, -0.05) is 71.0 Å². The van der Waals surface area contributed by atoms with Crippen LogP contribution in [-0.2, 0) is 11.2 Å². The smallest absolute Gasteiger partial charge is 0.280 e. The molecule has 2 aromatic carbocycles. The molecule has 0 fully saturated rings. The number of hydrogen-bond donors (Lipinski definition) is 1. The first-order valence-electron chi connectivity index (χ1n) is 11.2. The van der Waals surface area contributed by atoms with Crippen LogP contribution in [0, 0.1) is 6.92 Å². The molecule has 0 aliphatic carbocycles. The zero-order chi connectivity index (χ0) is 24.2. The highest BCUT2D eigenvalue weighted by Crippen LogP contribution is 2.31. The van der Waals surface area contributed by atoms with Crippen LogP contribution in [0.5, 0.6) is 0 Å². The number of rotatable bonds is 8. The van der Waals surface area contributed by atoms with Gasteiger partial charge in [-0.15, -0.1) is 0 Å². The number of hydrogen-bond acceptors (Lipinski definition) is 8. The Morgan fingerprint density at radius 1 is 0.943 bits per heavy atom. The third-order valence-corrected chi connectivity index (χ3v) is 5.76. The summed E-state index contributed by atoms with van der Waals surface area (Å²) in [6.07, 6.45) is 2.96. The first kappa shape index (κ1) is 22.4. The Bertz CT molecular complexity index is 1430. The zero-order valence-electron chi connectivity index (χ0n) is 19.0. The Balaban J connectivity index is 1.28. The maximum absolute atomic E-state index is 12.4. The maximum atomic E-state index is 12.4. The van der Waals surface area contributed by atoms with Crippen LogP contribution in [0.2, 0.25) is 0 Å². The van der Waals surface area contributed by atoms with Gasteiger partial charge in [0.2, 0.25) is 5.82 Å². The topological polar surface area (TPSA) is 115 Å². The Morgan fingerprint density at radius 3 is 2.49 bits per heavy atom. The fourth-order valence-corrected chi connectivity index (χ4v) is 3.78. The molecule has 0 aliphatic heterocycles. The van der Waals surface area contributed by atoms with Gasteiger partial charge in [-0.2, -0.15) is 4.98 Å². The fraction of sp³-hybridized carbons (Fsp3) is 0.148. The van der Waals surface area contributed by atoms with Crippen molar-refractivity contribution in [3.8, 4) is 34.3 Å². The van der Waals surface area contributed by atoms with Gasteiger partial charge in [0.15, 0.2) is 17.2 Å². The van der Waals surface area contributed by atoms with Gasteiger partial charge in [-0.05, 0) is 30.5 Å². The molecule has 0 aliphatic rings. The minimum atomic E-state index is -1.20. The molecule has 174 valence electrons. The summed E-state index contributed by atoms with van der Waals surface area (Å²) in [5.74, 6) is 1.01. The van der Waals surface area contributed by atoms with Crippen molar-refractivity contribution in [3.63, 3.8) is 0 Å². The average molecular weight is 466 g/mol. The molecule has 1 unspecified atom stereocenters. The van der Waals surface area contributed by atoms with Crippen molar-refractivity contribution < 1.29 is 18.9 Å². The molecule has 8 heteroatoms. The minimum Gasteiger partial charge on any atom is -0.381 e. The van der Waals surface area contributed by atoms with E-state index < -0.39 is 6.10 Å². The van der Waals surface area contributed by atoms with Crippen molar-refractivity contribution in [3.05, 3.63) is 95.8 Å². The minimum absolute atomic E-state index is 0.227. The Hall–Kier alpha value is -4.43. The molecule has 0 radical (unpaired) electrons. The number of aliphatic hydroxyl groups is 1. The molecule has 5 rings (SSSR count). The number of ketones is 1. The van der Waals surface area contributed by atoms with E-state index in [1.54, 1.807) is 36.7 Å². The standard InChI is InChI=1S/C27H22N4O4/c1-17-23(30-34-25(17)20-7-3-2-4-8-20)27-29-26(31-35-27)21-12-10-19(11-13-21)24(33)22(32)14-9-18-6-5-15-28-16-18/h2-8,10-13,15-16,24,33H,9,14H2,1H3. The van der Waals surface area contributed by atoms with Crippen LogP contribution >= 0.6 is 0 Å². The summed E-state index contributed by atoms with van der Waals surface area (Å²) < 4.78 is 11.0. The van der Waals surface area contributed by atoms with Gasteiger partial charge < -0.3 is 14.2 Å². The molecule has 0 spiro atoms. The summed E-state index contributed by atoms with van der Waals surface area (Å²) in [4.78, 5) is 20.9. The molecule has 1 N–H and O–H groups in total. The number of benzene rings is 2. The lowest BCUT2D eigenvalue weighted by molar-refractivity contribution is -0.127. The highest BCUT2D eigenvalue weighted by atomic mass is 16.5. The molecule has 8 nitrogen and oxygen atoms in total. The van der Waals surface area contributed by atoms with E-state index in [0.717, 1.165) is 16.7 Å². The van der Waals surface area contributed by atoms with E-state index in [0.29, 0.717) is 34.8 Å². The number of nitrogens with zero attached hydrogens (tertiary/aromatic N) is 4. The van der Waals surface area contributed by atoms with Gasteiger partial charge in [0, 0.05) is 35.5 Å². The summed E-state index contributed by atoms with van der Waals surface area (Å²) in [5, 5.41) is 18.6. The largest absolute Gasteiger partial charge is 0.381 e. The van der Waals surface area contributed by atoms with Gasteiger partial charge in [0.25, 0.3) is 5.89 Å². The zero-order valence-corrected chi connectivity index (χ0v) is 19.0. The van der Waals surface area contributed by atoms with E-state index in [2.05, 4.69) is 20.3 Å². The lowest BCUT2D eigenvalue weighted by Gasteiger charge is -2.10. The predicted octanol–water partition coefficient (Wildman–Crippen LogP) is 5.00. The van der Waals surface area contributed by atoms with Crippen molar-refractivity contribution in [2.24, 2.45) is 0 Å². The number of carbonyl (C=O) groups excluding carboxylic acids is 1. The van der Waals surface area contributed by atoms with Gasteiger partial charge in [0.1, 0.15) is 6.10 Å². The SMILES string of the molecule is Cc1c(-c2nc(-c3ccc(C(O)C(=O)CCc4cccnc4)cc3)no2)noc1-c1ccccc1. The predicted molar refractivity (Wildman–Crippen MR) is 128 cm³/mol. The van der Waals surface area contributed by atoms with Crippen molar-refractivity contribution >= 4 is 5.78 Å². The van der Waals surface area contributed by atoms with Crippen molar-refractivity contribution in [1.82, 2.24) is 20.3 Å². The van der Waals surface area contributed by atoms with E-state index in [1.165, 1.54) is 0 Å². The summed E-state index contributed by atoms with van der Waals surface area (Å²) in [6, 6.07) is 20.3. The molecule has 3 heterocycles. The number of aryl methyl sites for hydroxylation is 1. The van der Waals surface area contributed by atoms with Gasteiger partial charge in [-0.25, -0.2) is 0 Å². The quantitative estimate of drug-likeness (QED) is 0.340. The van der Waals surface area contributed by atoms with Crippen molar-refractivity contribution in [2.45, 2.75) is 25.9 Å². The van der Waals surface area contributed by atoms with E-state index in [1.807, 2.05) is 49.4 Å². The summed E-state index contributed by atoms with van der Waals surface area (Å²) in [6.45, 7) is 1.89. The van der Waals surface area contributed by atoms with Crippen LogP contribution in [0.25, 0.3) is 34.3 Å².